The average Bonchev–Trinajstić information content (AvgIpc) is 2.37. The average molecular weight is 310 g/mol. The van der Waals surface area contributed by atoms with Crippen LogP contribution >= 0.6 is 11.6 Å². The fraction of sp³-hybridized carbons (Fsp3) is 0.467. The number of benzene rings is 1. The van der Waals surface area contributed by atoms with Crippen molar-refractivity contribution in [1.29, 1.82) is 0 Å². The summed E-state index contributed by atoms with van der Waals surface area (Å²) in [6.45, 7) is 5.99. The van der Waals surface area contributed by atoms with Gasteiger partial charge in [0.2, 0.25) is 5.91 Å². The van der Waals surface area contributed by atoms with Crippen LogP contribution in [0.15, 0.2) is 24.3 Å². The summed E-state index contributed by atoms with van der Waals surface area (Å²) in [5.41, 5.74) is 0.426. The van der Waals surface area contributed by atoms with Crippen molar-refractivity contribution in [3.63, 3.8) is 0 Å². The largest absolute Gasteiger partial charge is 0.309 e. The number of nitrogens with zero attached hydrogens (tertiary/aromatic N) is 1. The normalized spacial score (nSPS) is 22.8. The summed E-state index contributed by atoms with van der Waals surface area (Å²) in [5, 5.41) is 6.37. The molecule has 1 fully saturated rings. The van der Waals surface area contributed by atoms with Gasteiger partial charge in [0.1, 0.15) is 0 Å². The van der Waals surface area contributed by atoms with Crippen LogP contribution in [0.4, 0.5) is 0 Å². The van der Waals surface area contributed by atoms with Gasteiger partial charge in [0, 0.05) is 35.8 Å². The summed E-state index contributed by atoms with van der Waals surface area (Å²) < 4.78 is 0. The molecule has 2 amide bonds. The second-order valence-electron chi connectivity index (χ2n) is 5.55. The summed E-state index contributed by atoms with van der Waals surface area (Å²) >= 11 is 5.77. The Kier molecular flexibility index (Phi) is 5.33. The highest BCUT2D eigenvalue weighted by atomic mass is 35.5. The molecule has 2 N–H and O–H groups in total. The lowest BCUT2D eigenvalue weighted by atomic mass is 10.1. The van der Waals surface area contributed by atoms with Gasteiger partial charge in [-0.1, -0.05) is 11.6 Å². The number of imide groups is 1. The van der Waals surface area contributed by atoms with Crippen LogP contribution in [-0.4, -0.2) is 48.4 Å². The van der Waals surface area contributed by atoms with E-state index in [1.807, 2.05) is 0 Å². The van der Waals surface area contributed by atoms with E-state index in [9.17, 15) is 9.59 Å². The van der Waals surface area contributed by atoms with Gasteiger partial charge in [-0.25, -0.2) is 0 Å². The molecule has 1 aliphatic rings. The van der Waals surface area contributed by atoms with Crippen molar-refractivity contribution < 1.29 is 9.59 Å². The van der Waals surface area contributed by atoms with Crippen LogP contribution in [0.25, 0.3) is 0 Å². The molecule has 6 heteroatoms. The van der Waals surface area contributed by atoms with Gasteiger partial charge in [-0.2, -0.15) is 0 Å². The first-order valence-corrected chi connectivity index (χ1v) is 7.40. The van der Waals surface area contributed by atoms with Gasteiger partial charge < -0.3 is 5.32 Å². The van der Waals surface area contributed by atoms with E-state index in [4.69, 9.17) is 11.6 Å². The zero-order chi connectivity index (χ0) is 15.4. The van der Waals surface area contributed by atoms with E-state index in [1.165, 1.54) is 0 Å². The lowest BCUT2D eigenvalue weighted by molar-refractivity contribution is -0.121. The fourth-order valence-electron chi connectivity index (χ4n) is 2.61. The molecule has 5 nitrogen and oxygen atoms in total. The first-order valence-electron chi connectivity index (χ1n) is 7.02. The summed E-state index contributed by atoms with van der Waals surface area (Å²) in [7, 11) is 0. The Morgan fingerprint density at radius 1 is 1.24 bits per heavy atom. The molecule has 0 spiro atoms. The Morgan fingerprint density at radius 2 is 1.81 bits per heavy atom. The minimum Gasteiger partial charge on any atom is -0.309 e. The summed E-state index contributed by atoms with van der Waals surface area (Å²) in [4.78, 5) is 25.9. The van der Waals surface area contributed by atoms with Crippen molar-refractivity contribution in [3.8, 4) is 0 Å². The number of halogens is 1. The van der Waals surface area contributed by atoms with Gasteiger partial charge in [0.15, 0.2) is 0 Å². The molecule has 1 aromatic rings. The SMILES string of the molecule is CC1CN(CC(=O)NC(=O)c2ccc(Cl)cc2)CC(C)N1. The number of rotatable bonds is 3. The van der Waals surface area contributed by atoms with Gasteiger partial charge >= 0.3 is 0 Å². The van der Waals surface area contributed by atoms with E-state index >= 15 is 0 Å². The van der Waals surface area contributed by atoms with E-state index in [1.54, 1.807) is 24.3 Å². The summed E-state index contributed by atoms with van der Waals surface area (Å²) in [5.74, 6) is -0.677. The maximum Gasteiger partial charge on any atom is 0.257 e. The predicted molar refractivity (Wildman–Crippen MR) is 82.4 cm³/mol. The topological polar surface area (TPSA) is 61.4 Å². The lowest BCUT2D eigenvalue weighted by Crippen LogP contribution is -2.56. The Labute approximate surface area is 129 Å². The van der Waals surface area contributed by atoms with Crippen molar-refractivity contribution in [2.24, 2.45) is 0 Å². The second kappa shape index (κ2) is 7.02. The smallest absolute Gasteiger partial charge is 0.257 e. The minimum absolute atomic E-state index is 0.232. The van der Waals surface area contributed by atoms with Crippen LogP contribution in [-0.2, 0) is 4.79 Å². The number of amides is 2. The quantitative estimate of drug-likeness (QED) is 0.883. The molecule has 114 valence electrons. The van der Waals surface area contributed by atoms with Crippen molar-refractivity contribution in [2.45, 2.75) is 25.9 Å². The fourth-order valence-corrected chi connectivity index (χ4v) is 2.74. The van der Waals surface area contributed by atoms with Crippen LogP contribution in [0, 0.1) is 0 Å². The Balaban J connectivity index is 1.86. The number of carbonyl (C=O) groups is 2. The summed E-state index contributed by atoms with van der Waals surface area (Å²) in [6.07, 6.45) is 0. The minimum atomic E-state index is -0.395. The van der Waals surface area contributed by atoms with Crippen LogP contribution in [0.1, 0.15) is 24.2 Å². The molecule has 21 heavy (non-hydrogen) atoms. The Hall–Kier alpha value is -1.43. The lowest BCUT2D eigenvalue weighted by Gasteiger charge is -2.35. The van der Waals surface area contributed by atoms with Gasteiger partial charge in [0.05, 0.1) is 6.54 Å². The molecule has 2 atom stereocenters. The highest BCUT2D eigenvalue weighted by molar-refractivity contribution is 6.30. The molecule has 1 saturated heterocycles. The van der Waals surface area contributed by atoms with E-state index in [2.05, 4.69) is 29.4 Å². The first kappa shape index (κ1) is 15.9. The van der Waals surface area contributed by atoms with Crippen molar-refractivity contribution in [2.75, 3.05) is 19.6 Å². The third-order valence-electron chi connectivity index (χ3n) is 3.36. The molecule has 1 aromatic carbocycles. The molecule has 2 rings (SSSR count). The van der Waals surface area contributed by atoms with Crippen molar-refractivity contribution in [1.82, 2.24) is 15.5 Å². The number of nitrogens with one attached hydrogen (secondary N) is 2. The highest BCUT2D eigenvalue weighted by Gasteiger charge is 2.23. The maximum absolute atomic E-state index is 12.0. The number of piperazine rings is 1. The van der Waals surface area contributed by atoms with Crippen molar-refractivity contribution >= 4 is 23.4 Å². The molecular weight excluding hydrogens is 290 g/mol. The summed E-state index contributed by atoms with van der Waals surface area (Å²) in [6, 6.07) is 7.13. The van der Waals surface area contributed by atoms with E-state index in [0.717, 1.165) is 13.1 Å². The Morgan fingerprint density at radius 3 is 2.38 bits per heavy atom. The molecular formula is C15H20ClN3O2. The van der Waals surface area contributed by atoms with Gasteiger partial charge in [-0.05, 0) is 38.1 Å². The maximum atomic E-state index is 12.0. The molecule has 1 aliphatic heterocycles. The molecule has 0 saturated carbocycles. The molecule has 2 unspecified atom stereocenters. The van der Waals surface area contributed by atoms with Crippen LogP contribution < -0.4 is 10.6 Å². The third kappa shape index (κ3) is 4.81. The number of carbonyl (C=O) groups excluding carboxylic acids is 2. The van der Waals surface area contributed by atoms with Crippen LogP contribution in [0.2, 0.25) is 5.02 Å². The van der Waals surface area contributed by atoms with Gasteiger partial charge in [-0.15, -0.1) is 0 Å². The van der Waals surface area contributed by atoms with Crippen LogP contribution in [0.3, 0.4) is 0 Å². The molecule has 0 bridgehead atoms. The van der Waals surface area contributed by atoms with Gasteiger partial charge in [-0.3, -0.25) is 19.8 Å². The zero-order valence-electron chi connectivity index (χ0n) is 12.2. The first-order chi connectivity index (χ1) is 9.94. The second-order valence-corrected chi connectivity index (χ2v) is 5.98. The van der Waals surface area contributed by atoms with E-state index in [-0.39, 0.29) is 12.5 Å². The highest BCUT2D eigenvalue weighted by Crippen LogP contribution is 2.09. The van der Waals surface area contributed by atoms with E-state index < -0.39 is 5.91 Å². The standard InChI is InChI=1S/C15H20ClN3O2/c1-10-7-19(8-11(2)17-10)9-14(20)18-15(21)12-3-5-13(16)6-4-12/h3-6,10-11,17H,7-9H2,1-2H3,(H,18,20,21). The molecule has 1 heterocycles. The molecule has 0 radical (unpaired) electrons. The Bertz CT molecular complexity index is 508. The number of hydrogen-bond acceptors (Lipinski definition) is 4. The molecule has 0 aromatic heterocycles. The monoisotopic (exact) mass is 309 g/mol. The number of hydrogen-bond donors (Lipinski definition) is 2. The van der Waals surface area contributed by atoms with Crippen molar-refractivity contribution in [3.05, 3.63) is 34.9 Å². The predicted octanol–water partition coefficient (Wildman–Crippen LogP) is 1.28. The third-order valence-corrected chi connectivity index (χ3v) is 3.61. The van der Waals surface area contributed by atoms with E-state index in [0.29, 0.717) is 22.7 Å². The molecule has 0 aliphatic carbocycles. The zero-order valence-corrected chi connectivity index (χ0v) is 13.0. The van der Waals surface area contributed by atoms with Crippen LogP contribution in [0.5, 0.6) is 0 Å². The van der Waals surface area contributed by atoms with Gasteiger partial charge in [0.25, 0.3) is 5.91 Å².